The van der Waals surface area contributed by atoms with Crippen molar-refractivity contribution in [2.24, 2.45) is 0 Å². The number of cyclic esters (lactones) is 1. The maximum absolute atomic E-state index is 12.0. The number of esters is 1. The second-order valence-electron chi connectivity index (χ2n) is 5.19. The van der Waals surface area contributed by atoms with E-state index in [9.17, 15) is 19.8 Å². The minimum absolute atomic E-state index is 0.260. The normalized spacial score (nSPS) is 21.0. The molecule has 3 rings (SSSR count). The van der Waals surface area contributed by atoms with Crippen LogP contribution in [-0.4, -0.2) is 22.2 Å². The van der Waals surface area contributed by atoms with Crippen LogP contribution in [0.4, 0.5) is 0 Å². The summed E-state index contributed by atoms with van der Waals surface area (Å²) >= 11 is 0. The van der Waals surface area contributed by atoms with E-state index >= 15 is 0 Å². The molecule has 2 atom stereocenters. The van der Waals surface area contributed by atoms with Gasteiger partial charge < -0.3 is 14.9 Å². The summed E-state index contributed by atoms with van der Waals surface area (Å²) < 4.78 is 5.19. The lowest BCUT2D eigenvalue weighted by Crippen LogP contribution is -2.35. The maximum Gasteiger partial charge on any atom is 0.341 e. The topological polar surface area (TPSA) is 83.8 Å². The van der Waals surface area contributed by atoms with Crippen LogP contribution in [0.2, 0.25) is 0 Å². The molecule has 0 spiro atoms. The summed E-state index contributed by atoms with van der Waals surface area (Å²) in [6, 6.07) is 15.2. The highest BCUT2D eigenvalue weighted by Crippen LogP contribution is 2.46. The second-order valence-corrected chi connectivity index (χ2v) is 5.19. The zero-order valence-corrected chi connectivity index (χ0v) is 11.6. The van der Waals surface area contributed by atoms with E-state index in [1.54, 1.807) is 54.6 Å². The Morgan fingerprint density at radius 3 is 2.41 bits per heavy atom. The van der Waals surface area contributed by atoms with Gasteiger partial charge in [-0.1, -0.05) is 48.5 Å². The highest BCUT2D eigenvalue weighted by Gasteiger charge is 2.51. The number of carbonyl (C=O) groups is 2. The fourth-order valence-electron chi connectivity index (χ4n) is 2.83. The molecule has 0 saturated heterocycles. The summed E-state index contributed by atoms with van der Waals surface area (Å²) in [6.45, 7) is 0. The van der Waals surface area contributed by atoms with E-state index in [2.05, 4.69) is 0 Å². The number of fused-ring (bicyclic) bond motifs is 1. The first-order valence-corrected chi connectivity index (χ1v) is 6.84. The molecule has 0 amide bonds. The Labute approximate surface area is 126 Å². The van der Waals surface area contributed by atoms with Crippen molar-refractivity contribution in [3.8, 4) is 0 Å². The summed E-state index contributed by atoms with van der Waals surface area (Å²) in [5.41, 5.74) is 1.16. The fraction of sp³-hybridized carbons (Fsp3) is 0.176. The van der Waals surface area contributed by atoms with Crippen molar-refractivity contribution in [1.82, 2.24) is 0 Å². The Morgan fingerprint density at radius 1 is 1.09 bits per heavy atom. The Bertz CT molecular complexity index is 725. The van der Waals surface area contributed by atoms with Gasteiger partial charge in [0.2, 0.25) is 5.79 Å². The average molecular weight is 298 g/mol. The minimum Gasteiger partial charge on any atom is -0.481 e. The van der Waals surface area contributed by atoms with Crippen LogP contribution in [0.5, 0.6) is 0 Å². The SMILES string of the molecule is O=C(O)CC(c1ccccc1)C1(O)OC(=O)c2ccccc21. The molecular weight excluding hydrogens is 284 g/mol. The Hall–Kier alpha value is -2.66. The highest BCUT2D eigenvalue weighted by atomic mass is 16.7. The number of aliphatic hydroxyl groups is 1. The molecule has 2 unspecified atom stereocenters. The van der Waals surface area contributed by atoms with E-state index in [1.807, 2.05) is 0 Å². The van der Waals surface area contributed by atoms with E-state index < -0.39 is 23.6 Å². The number of aliphatic carboxylic acids is 1. The van der Waals surface area contributed by atoms with Crippen molar-refractivity contribution < 1.29 is 24.5 Å². The van der Waals surface area contributed by atoms with Crippen molar-refractivity contribution in [1.29, 1.82) is 0 Å². The molecule has 1 heterocycles. The standard InChI is InChI=1S/C17H14O5/c18-15(19)10-14(11-6-2-1-3-7-11)17(21)13-9-5-4-8-12(13)16(20)22-17/h1-9,14,21H,10H2,(H,18,19). The van der Waals surface area contributed by atoms with E-state index in [-0.39, 0.29) is 12.0 Å². The molecule has 0 aromatic heterocycles. The fourth-order valence-corrected chi connectivity index (χ4v) is 2.83. The molecule has 1 aliphatic heterocycles. The van der Waals surface area contributed by atoms with Gasteiger partial charge in [0.15, 0.2) is 0 Å². The van der Waals surface area contributed by atoms with Gasteiger partial charge in [0.1, 0.15) is 0 Å². The summed E-state index contributed by atoms with van der Waals surface area (Å²) in [4.78, 5) is 23.2. The Kier molecular flexibility index (Phi) is 3.42. The lowest BCUT2D eigenvalue weighted by Gasteiger charge is -2.31. The van der Waals surface area contributed by atoms with Crippen molar-refractivity contribution in [2.75, 3.05) is 0 Å². The third kappa shape index (κ3) is 2.25. The molecular formula is C17H14O5. The van der Waals surface area contributed by atoms with Crippen molar-refractivity contribution in [2.45, 2.75) is 18.1 Å². The van der Waals surface area contributed by atoms with Gasteiger partial charge in [0.25, 0.3) is 0 Å². The zero-order valence-electron chi connectivity index (χ0n) is 11.6. The monoisotopic (exact) mass is 298 g/mol. The van der Waals surface area contributed by atoms with Crippen molar-refractivity contribution >= 4 is 11.9 Å². The molecule has 0 radical (unpaired) electrons. The number of ether oxygens (including phenoxy) is 1. The van der Waals surface area contributed by atoms with Crippen LogP contribution in [0.25, 0.3) is 0 Å². The van der Waals surface area contributed by atoms with E-state index in [0.717, 1.165) is 0 Å². The maximum atomic E-state index is 12.0. The van der Waals surface area contributed by atoms with Crippen LogP contribution in [0.3, 0.4) is 0 Å². The smallest absolute Gasteiger partial charge is 0.341 e. The molecule has 2 aromatic rings. The molecule has 5 nitrogen and oxygen atoms in total. The molecule has 1 aliphatic rings. The van der Waals surface area contributed by atoms with Crippen LogP contribution < -0.4 is 0 Å². The van der Waals surface area contributed by atoms with Gasteiger partial charge in [-0.05, 0) is 11.6 Å². The lowest BCUT2D eigenvalue weighted by molar-refractivity contribution is -0.186. The number of rotatable bonds is 4. The van der Waals surface area contributed by atoms with Crippen molar-refractivity contribution in [3.63, 3.8) is 0 Å². The lowest BCUT2D eigenvalue weighted by atomic mass is 9.83. The third-order valence-electron chi connectivity index (χ3n) is 3.83. The van der Waals surface area contributed by atoms with Gasteiger partial charge in [-0.2, -0.15) is 0 Å². The predicted octanol–water partition coefficient (Wildman–Crippen LogP) is 2.26. The summed E-state index contributed by atoms with van der Waals surface area (Å²) in [5.74, 6) is -4.60. The van der Waals surface area contributed by atoms with Crippen molar-refractivity contribution in [3.05, 3.63) is 71.3 Å². The van der Waals surface area contributed by atoms with Crippen LogP contribution in [0.15, 0.2) is 54.6 Å². The average Bonchev–Trinajstić information content (AvgIpc) is 2.78. The predicted molar refractivity (Wildman–Crippen MR) is 77.2 cm³/mol. The summed E-state index contributed by atoms with van der Waals surface area (Å²) in [5, 5.41) is 20.2. The Balaban J connectivity index is 2.12. The van der Waals surface area contributed by atoms with Crippen LogP contribution in [-0.2, 0) is 15.3 Å². The molecule has 2 N–H and O–H groups in total. The molecule has 5 heteroatoms. The van der Waals surface area contributed by atoms with Crippen LogP contribution in [0, 0.1) is 0 Å². The molecule has 112 valence electrons. The molecule has 0 saturated carbocycles. The van der Waals surface area contributed by atoms with Gasteiger partial charge in [-0.25, -0.2) is 4.79 Å². The number of hydrogen-bond donors (Lipinski definition) is 2. The number of carbonyl (C=O) groups excluding carboxylic acids is 1. The molecule has 0 aliphatic carbocycles. The largest absolute Gasteiger partial charge is 0.481 e. The van der Waals surface area contributed by atoms with Gasteiger partial charge in [-0.3, -0.25) is 4.79 Å². The third-order valence-corrected chi connectivity index (χ3v) is 3.83. The van der Waals surface area contributed by atoms with Crippen LogP contribution >= 0.6 is 0 Å². The first kappa shape index (κ1) is 14.3. The highest BCUT2D eigenvalue weighted by molar-refractivity contribution is 5.94. The minimum atomic E-state index is -1.98. The molecule has 0 bridgehead atoms. The van der Waals surface area contributed by atoms with Crippen LogP contribution in [0.1, 0.15) is 33.8 Å². The quantitative estimate of drug-likeness (QED) is 0.846. The number of hydrogen-bond acceptors (Lipinski definition) is 4. The Morgan fingerprint density at radius 2 is 1.73 bits per heavy atom. The molecule has 0 fully saturated rings. The van der Waals surface area contributed by atoms with Gasteiger partial charge in [-0.15, -0.1) is 0 Å². The van der Waals surface area contributed by atoms with Gasteiger partial charge in [0.05, 0.1) is 17.9 Å². The van der Waals surface area contributed by atoms with Gasteiger partial charge in [0, 0.05) is 5.56 Å². The number of carboxylic acid groups (broad SMARTS) is 1. The number of benzene rings is 2. The number of carboxylic acids is 1. The molecule has 2 aromatic carbocycles. The first-order valence-electron chi connectivity index (χ1n) is 6.84. The van der Waals surface area contributed by atoms with E-state index in [1.165, 1.54) is 0 Å². The summed E-state index contributed by atoms with van der Waals surface area (Å²) in [6.07, 6.45) is -0.359. The first-order chi connectivity index (χ1) is 10.5. The second kappa shape index (κ2) is 5.27. The zero-order chi connectivity index (χ0) is 15.7. The molecule has 22 heavy (non-hydrogen) atoms. The van der Waals surface area contributed by atoms with Gasteiger partial charge >= 0.3 is 11.9 Å². The summed E-state index contributed by atoms with van der Waals surface area (Å²) in [7, 11) is 0. The van der Waals surface area contributed by atoms with E-state index in [4.69, 9.17) is 4.74 Å². The van der Waals surface area contributed by atoms with E-state index in [0.29, 0.717) is 11.1 Å².